The van der Waals surface area contributed by atoms with Crippen molar-refractivity contribution in [3.63, 3.8) is 0 Å². The zero-order chi connectivity index (χ0) is 26.3. The first kappa shape index (κ1) is 27.8. The molecule has 0 aliphatic carbocycles. The van der Waals surface area contributed by atoms with Gasteiger partial charge in [0.05, 0.1) is 0 Å². The summed E-state index contributed by atoms with van der Waals surface area (Å²) >= 11 is 0. The summed E-state index contributed by atoms with van der Waals surface area (Å²) in [5, 5.41) is 8.44. The quantitative estimate of drug-likeness (QED) is 0.268. The number of carbonyl (C=O) groups is 3. The third-order valence-electron chi connectivity index (χ3n) is 5.56. The summed E-state index contributed by atoms with van der Waals surface area (Å²) in [5.74, 6) is -0.551. The smallest absolute Gasteiger partial charge is 0.232 e. The first-order valence-corrected chi connectivity index (χ1v) is 13.9. The van der Waals surface area contributed by atoms with Gasteiger partial charge in [-0.25, -0.2) is 0 Å². The highest BCUT2D eigenvalue weighted by Gasteiger charge is 2.11. The normalized spacial score (nSPS) is 11.4. The van der Waals surface area contributed by atoms with Gasteiger partial charge in [-0.3, -0.25) is 18.6 Å². The van der Waals surface area contributed by atoms with E-state index in [1.807, 2.05) is 72.8 Å². The number of carbonyl (C=O) groups excluding carboxylic acids is 3. The van der Waals surface area contributed by atoms with Crippen LogP contribution in [-0.4, -0.2) is 40.0 Å². The Hall–Kier alpha value is -3.78. The zero-order valence-corrected chi connectivity index (χ0v) is 21.6. The monoisotopic (exact) mass is 519 g/mol. The van der Waals surface area contributed by atoms with Crippen LogP contribution in [0.15, 0.2) is 84.9 Å². The molecule has 0 aliphatic heterocycles. The van der Waals surface area contributed by atoms with E-state index in [2.05, 4.69) is 16.0 Å². The summed E-state index contributed by atoms with van der Waals surface area (Å²) in [6, 6.07) is 26.8. The lowest BCUT2D eigenvalue weighted by molar-refractivity contribution is -0.119. The van der Waals surface area contributed by atoms with Gasteiger partial charge in [0.15, 0.2) is 0 Å². The maximum absolute atomic E-state index is 12.3. The Balaban J connectivity index is 1.23. The van der Waals surface area contributed by atoms with Crippen molar-refractivity contribution in [2.45, 2.75) is 32.1 Å². The fourth-order valence-corrected chi connectivity index (χ4v) is 4.62. The molecule has 37 heavy (non-hydrogen) atoms. The third kappa shape index (κ3) is 10.8. The van der Waals surface area contributed by atoms with E-state index in [-0.39, 0.29) is 35.6 Å². The van der Waals surface area contributed by atoms with Crippen LogP contribution < -0.4 is 16.0 Å². The molecule has 0 bridgehead atoms. The Morgan fingerprint density at radius 1 is 0.622 bits per heavy atom. The molecule has 0 fully saturated rings. The Morgan fingerprint density at radius 2 is 1.24 bits per heavy atom. The summed E-state index contributed by atoms with van der Waals surface area (Å²) in [6.07, 6.45) is 2.73. The Kier molecular flexibility index (Phi) is 11.5. The third-order valence-corrected chi connectivity index (χ3v) is 6.81. The number of hydrogen-bond donors (Lipinski definition) is 3. The van der Waals surface area contributed by atoms with E-state index < -0.39 is 10.8 Å². The number of nitrogens with one attached hydrogen (secondary N) is 3. The zero-order valence-electron chi connectivity index (χ0n) is 20.8. The average molecular weight is 520 g/mol. The molecule has 3 rings (SSSR count). The van der Waals surface area contributed by atoms with Crippen molar-refractivity contribution in [1.82, 2.24) is 5.32 Å². The van der Waals surface area contributed by atoms with Crippen LogP contribution >= 0.6 is 0 Å². The van der Waals surface area contributed by atoms with Gasteiger partial charge >= 0.3 is 0 Å². The molecule has 0 spiro atoms. The molecule has 3 N–H and O–H groups in total. The molecule has 3 aromatic carbocycles. The average Bonchev–Trinajstić information content (AvgIpc) is 2.91. The number of unbranched alkanes of at least 4 members (excludes halogenated alkanes) is 2. The Labute approximate surface area is 220 Å². The van der Waals surface area contributed by atoms with Crippen molar-refractivity contribution < 1.29 is 18.6 Å². The molecule has 0 heterocycles. The largest absolute Gasteiger partial charge is 0.355 e. The van der Waals surface area contributed by atoms with E-state index in [1.54, 1.807) is 12.1 Å². The van der Waals surface area contributed by atoms with Crippen LogP contribution in [0.4, 0.5) is 11.4 Å². The lowest BCUT2D eigenvalue weighted by atomic mass is 10.1. The standard InChI is InChI=1S/C29H33N3O4S/c33-27(32-26-16-10-13-24(21-26)23-11-4-1-5-12-23)17-8-3-9-19-30-29(35)22-37(36)20-18-28(34)31-25-14-6-2-7-15-25/h1-2,4-7,10-16,21H,3,8-9,17-20,22H2,(H,30,35)(H,31,34)(H,32,33). The van der Waals surface area contributed by atoms with Crippen LogP contribution in [0.2, 0.25) is 0 Å². The molecule has 0 aromatic heterocycles. The minimum Gasteiger partial charge on any atom is -0.355 e. The fraction of sp³-hybridized carbons (Fsp3) is 0.276. The van der Waals surface area contributed by atoms with Gasteiger partial charge < -0.3 is 16.0 Å². The molecule has 3 amide bonds. The topological polar surface area (TPSA) is 104 Å². The Bertz CT molecular complexity index is 1190. The summed E-state index contributed by atoms with van der Waals surface area (Å²) in [7, 11) is -1.40. The van der Waals surface area contributed by atoms with E-state index >= 15 is 0 Å². The van der Waals surface area contributed by atoms with E-state index in [0.29, 0.717) is 25.1 Å². The van der Waals surface area contributed by atoms with Gasteiger partial charge in [0, 0.05) is 47.3 Å². The van der Waals surface area contributed by atoms with E-state index in [4.69, 9.17) is 0 Å². The van der Waals surface area contributed by atoms with Gasteiger partial charge in [-0.15, -0.1) is 0 Å². The maximum atomic E-state index is 12.3. The SMILES string of the molecule is O=C(CS(=O)CCC(=O)Nc1ccccc1)NCCCCCC(=O)Nc1cccc(-c2ccccc2)c1. The fourth-order valence-electron chi connectivity index (χ4n) is 3.67. The van der Waals surface area contributed by atoms with Gasteiger partial charge in [-0.2, -0.15) is 0 Å². The number of anilines is 2. The molecular formula is C29H33N3O4S. The van der Waals surface area contributed by atoms with Crippen LogP contribution in [0.1, 0.15) is 32.1 Å². The maximum Gasteiger partial charge on any atom is 0.232 e. The van der Waals surface area contributed by atoms with Crippen molar-refractivity contribution in [2.24, 2.45) is 0 Å². The second-order valence-electron chi connectivity index (χ2n) is 8.61. The summed E-state index contributed by atoms with van der Waals surface area (Å²) in [5.41, 5.74) is 3.60. The molecule has 0 saturated carbocycles. The van der Waals surface area contributed by atoms with Crippen LogP contribution in [0, 0.1) is 0 Å². The highest BCUT2D eigenvalue weighted by molar-refractivity contribution is 7.85. The van der Waals surface area contributed by atoms with E-state index in [9.17, 15) is 18.6 Å². The van der Waals surface area contributed by atoms with Crippen molar-refractivity contribution >= 4 is 39.9 Å². The minimum atomic E-state index is -1.40. The second kappa shape index (κ2) is 15.4. The van der Waals surface area contributed by atoms with E-state index in [1.165, 1.54) is 0 Å². The van der Waals surface area contributed by atoms with Crippen LogP contribution in [0.25, 0.3) is 11.1 Å². The first-order chi connectivity index (χ1) is 18.0. The summed E-state index contributed by atoms with van der Waals surface area (Å²) in [6.45, 7) is 0.464. The van der Waals surface area contributed by atoms with Gasteiger partial charge in [-0.05, 0) is 48.2 Å². The molecule has 0 saturated heterocycles. The summed E-state index contributed by atoms with van der Waals surface area (Å²) in [4.78, 5) is 36.2. The molecule has 8 heteroatoms. The van der Waals surface area contributed by atoms with Gasteiger partial charge in [0.1, 0.15) is 5.75 Å². The van der Waals surface area contributed by atoms with E-state index in [0.717, 1.165) is 29.7 Å². The van der Waals surface area contributed by atoms with Crippen molar-refractivity contribution in [2.75, 3.05) is 28.7 Å². The van der Waals surface area contributed by atoms with Crippen LogP contribution in [0.3, 0.4) is 0 Å². The first-order valence-electron chi connectivity index (χ1n) is 12.4. The predicted molar refractivity (Wildman–Crippen MR) is 150 cm³/mol. The number of amides is 3. The molecular weight excluding hydrogens is 486 g/mol. The van der Waals surface area contributed by atoms with Crippen molar-refractivity contribution in [3.05, 3.63) is 84.9 Å². The number of para-hydroxylation sites is 1. The molecule has 1 unspecified atom stereocenters. The number of benzene rings is 3. The van der Waals surface area contributed by atoms with Gasteiger partial charge in [0.2, 0.25) is 17.7 Å². The molecule has 3 aromatic rings. The van der Waals surface area contributed by atoms with Crippen molar-refractivity contribution in [3.8, 4) is 11.1 Å². The lowest BCUT2D eigenvalue weighted by Crippen LogP contribution is -2.30. The molecule has 1 atom stereocenters. The highest BCUT2D eigenvalue weighted by Crippen LogP contribution is 2.22. The number of rotatable bonds is 14. The predicted octanol–water partition coefficient (Wildman–Crippen LogP) is 4.75. The molecule has 0 aliphatic rings. The summed E-state index contributed by atoms with van der Waals surface area (Å²) < 4.78 is 12.1. The van der Waals surface area contributed by atoms with Crippen LogP contribution in [-0.2, 0) is 25.2 Å². The highest BCUT2D eigenvalue weighted by atomic mass is 32.2. The van der Waals surface area contributed by atoms with Gasteiger partial charge in [0.25, 0.3) is 0 Å². The van der Waals surface area contributed by atoms with Crippen molar-refractivity contribution in [1.29, 1.82) is 0 Å². The number of hydrogen-bond acceptors (Lipinski definition) is 4. The molecule has 194 valence electrons. The second-order valence-corrected chi connectivity index (χ2v) is 10.2. The lowest BCUT2D eigenvalue weighted by Gasteiger charge is -2.08. The van der Waals surface area contributed by atoms with Gasteiger partial charge in [-0.1, -0.05) is 67.1 Å². The van der Waals surface area contributed by atoms with Crippen LogP contribution in [0.5, 0.6) is 0 Å². The molecule has 0 radical (unpaired) electrons. The molecule has 7 nitrogen and oxygen atoms in total. The Morgan fingerprint density at radius 3 is 2.00 bits per heavy atom. The minimum absolute atomic E-state index is 0.0408.